The van der Waals surface area contributed by atoms with Crippen LogP contribution in [0.3, 0.4) is 0 Å². The van der Waals surface area contributed by atoms with Gasteiger partial charge in [0, 0.05) is 38.4 Å². The minimum Gasteiger partial charge on any atom is -0.497 e. The van der Waals surface area contributed by atoms with Crippen LogP contribution in [0.5, 0.6) is 5.75 Å². The van der Waals surface area contributed by atoms with Gasteiger partial charge in [0.25, 0.3) is 0 Å². The zero-order valence-corrected chi connectivity index (χ0v) is 15.4. The number of aliphatic hydroxyl groups is 1. The van der Waals surface area contributed by atoms with Gasteiger partial charge < -0.3 is 14.7 Å². The molecular formula is C21H28N2O2. The summed E-state index contributed by atoms with van der Waals surface area (Å²) >= 11 is 0. The molecule has 1 fully saturated rings. The highest BCUT2D eigenvalue weighted by Crippen LogP contribution is 2.23. The molecule has 4 heteroatoms. The van der Waals surface area contributed by atoms with Gasteiger partial charge in [0.15, 0.2) is 0 Å². The highest BCUT2D eigenvalue weighted by molar-refractivity contribution is 5.49. The third-order valence-electron chi connectivity index (χ3n) is 5.03. The van der Waals surface area contributed by atoms with E-state index in [2.05, 4.69) is 54.0 Å². The Hall–Kier alpha value is -2.04. The van der Waals surface area contributed by atoms with Crippen LogP contribution in [-0.2, 0) is 0 Å². The molecule has 4 nitrogen and oxygen atoms in total. The molecule has 1 heterocycles. The molecule has 0 aromatic heterocycles. The highest BCUT2D eigenvalue weighted by Gasteiger charge is 2.21. The minimum absolute atomic E-state index is 0.424. The maximum absolute atomic E-state index is 10.6. The van der Waals surface area contributed by atoms with Crippen LogP contribution in [0.2, 0.25) is 0 Å². The summed E-state index contributed by atoms with van der Waals surface area (Å²) < 4.78 is 5.22. The number of nitrogens with zero attached hydrogens (tertiary/aromatic N) is 2. The number of piperazine rings is 1. The Morgan fingerprint density at radius 3 is 2.32 bits per heavy atom. The Labute approximate surface area is 150 Å². The second kappa shape index (κ2) is 7.89. The first kappa shape index (κ1) is 17.8. The Morgan fingerprint density at radius 2 is 1.68 bits per heavy atom. The second-order valence-electron chi connectivity index (χ2n) is 6.86. The lowest BCUT2D eigenvalue weighted by Crippen LogP contribution is -2.47. The van der Waals surface area contributed by atoms with E-state index in [0.717, 1.165) is 43.1 Å². The molecule has 0 bridgehead atoms. The smallest absolute Gasteiger partial charge is 0.119 e. The van der Waals surface area contributed by atoms with Crippen LogP contribution in [0.25, 0.3) is 0 Å². The molecule has 25 heavy (non-hydrogen) atoms. The first-order valence-corrected chi connectivity index (χ1v) is 8.93. The van der Waals surface area contributed by atoms with Crippen molar-refractivity contribution >= 4 is 5.69 Å². The fourth-order valence-corrected chi connectivity index (χ4v) is 3.44. The molecule has 3 rings (SSSR count). The topological polar surface area (TPSA) is 35.9 Å². The summed E-state index contributed by atoms with van der Waals surface area (Å²) in [4.78, 5) is 4.74. The van der Waals surface area contributed by atoms with Crippen molar-refractivity contribution in [2.45, 2.75) is 20.0 Å². The third kappa shape index (κ3) is 4.33. The Kier molecular flexibility index (Phi) is 5.61. The lowest BCUT2D eigenvalue weighted by Gasteiger charge is -2.37. The number of ether oxygens (including phenoxy) is 1. The molecule has 0 radical (unpaired) electrons. The SMILES string of the molecule is COc1ccc(N2CCN(C[C@H](O)c3cc(C)ccc3C)CC2)cc1. The number of anilines is 1. The minimum atomic E-state index is -0.424. The van der Waals surface area contributed by atoms with Crippen molar-refractivity contribution < 1.29 is 9.84 Å². The summed E-state index contributed by atoms with van der Waals surface area (Å²) in [6.07, 6.45) is -0.424. The number of hydrogen-bond donors (Lipinski definition) is 1. The molecule has 0 unspecified atom stereocenters. The average Bonchev–Trinajstić information content (AvgIpc) is 2.64. The van der Waals surface area contributed by atoms with Gasteiger partial charge in [-0.1, -0.05) is 23.8 Å². The zero-order chi connectivity index (χ0) is 17.8. The lowest BCUT2D eigenvalue weighted by molar-refractivity contribution is 0.109. The molecule has 0 aliphatic carbocycles. The van der Waals surface area contributed by atoms with E-state index in [4.69, 9.17) is 4.74 Å². The standard InChI is InChI=1S/C21H28N2O2/c1-16-4-5-17(2)20(14-16)21(24)15-22-10-12-23(13-11-22)18-6-8-19(25-3)9-7-18/h4-9,14,21,24H,10-13,15H2,1-3H3/t21-/m0/s1. The van der Waals surface area contributed by atoms with Gasteiger partial charge >= 0.3 is 0 Å². The predicted octanol–water partition coefficient (Wildman–Crippen LogP) is 3.17. The van der Waals surface area contributed by atoms with E-state index in [1.54, 1.807) is 7.11 Å². The second-order valence-corrected chi connectivity index (χ2v) is 6.86. The number of methoxy groups -OCH3 is 1. The first-order valence-electron chi connectivity index (χ1n) is 8.93. The van der Waals surface area contributed by atoms with Gasteiger partial charge in [-0.25, -0.2) is 0 Å². The van der Waals surface area contributed by atoms with Gasteiger partial charge in [-0.05, 0) is 49.2 Å². The van der Waals surface area contributed by atoms with Gasteiger partial charge in [-0.2, -0.15) is 0 Å². The average molecular weight is 340 g/mol. The normalized spacial score (nSPS) is 16.7. The van der Waals surface area contributed by atoms with Gasteiger partial charge in [-0.15, -0.1) is 0 Å². The Bertz CT molecular complexity index is 692. The predicted molar refractivity (Wildman–Crippen MR) is 103 cm³/mol. The van der Waals surface area contributed by atoms with Crippen LogP contribution < -0.4 is 9.64 Å². The third-order valence-corrected chi connectivity index (χ3v) is 5.03. The monoisotopic (exact) mass is 340 g/mol. The molecular weight excluding hydrogens is 312 g/mol. The van der Waals surface area contributed by atoms with Gasteiger partial charge in [-0.3, -0.25) is 4.90 Å². The van der Waals surface area contributed by atoms with Crippen molar-refractivity contribution in [2.75, 3.05) is 44.7 Å². The van der Waals surface area contributed by atoms with E-state index >= 15 is 0 Å². The quantitative estimate of drug-likeness (QED) is 0.907. The van der Waals surface area contributed by atoms with E-state index in [1.165, 1.54) is 11.3 Å². The van der Waals surface area contributed by atoms with E-state index < -0.39 is 6.10 Å². The summed E-state index contributed by atoms with van der Waals surface area (Å²) in [5.74, 6) is 0.888. The van der Waals surface area contributed by atoms with E-state index in [1.807, 2.05) is 12.1 Å². The molecule has 1 saturated heterocycles. The summed E-state index contributed by atoms with van der Waals surface area (Å²) in [7, 11) is 1.69. The van der Waals surface area contributed by atoms with Crippen molar-refractivity contribution in [3.05, 3.63) is 59.2 Å². The lowest BCUT2D eigenvalue weighted by atomic mass is 10.0. The van der Waals surface area contributed by atoms with Crippen molar-refractivity contribution in [1.82, 2.24) is 4.90 Å². The van der Waals surface area contributed by atoms with E-state index in [0.29, 0.717) is 6.54 Å². The molecule has 0 saturated carbocycles. The van der Waals surface area contributed by atoms with Crippen LogP contribution in [0.1, 0.15) is 22.8 Å². The number of rotatable bonds is 5. The van der Waals surface area contributed by atoms with Crippen LogP contribution in [0, 0.1) is 13.8 Å². The highest BCUT2D eigenvalue weighted by atomic mass is 16.5. The molecule has 1 N–H and O–H groups in total. The Morgan fingerprint density at radius 1 is 1.00 bits per heavy atom. The number of benzene rings is 2. The van der Waals surface area contributed by atoms with Crippen molar-refractivity contribution in [2.24, 2.45) is 0 Å². The van der Waals surface area contributed by atoms with Crippen LogP contribution in [0.15, 0.2) is 42.5 Å². The zero-order valence-electron chi connectivity index (χ0n) is 15.4. The van der Waals surface area contributed by atoms with Crippen LogP contribution in [-0.4, -0.2) is 49.8 Å². The molecule has 2 aromatic carbocycles. The molecule has 0 spiro atoms. The van der Waals surface area contributed by atoms with Crippen LogP contribution in [0.4, 0.5) is 5.69 Å². The number of aliphatic hydroxyl groups excluding tert-OH is 1. The van der Waals surface area contributed by atoms with Crippen LogP contribution >= 0.6 is 0 Å². The van der Waals surface area contributed by atoms with Gasteiger partial charge in [0.05, 0.1) is 13.2 Å². The first-order chi connectivity index (χ1) is 12.1. The van der Waals surface area contributed by atoms with Crippen molar-refractivity contribution in [3.8, 4) is 5.75 Å². The molecule has 0 amide bonds. The van der Waals surface area contributed by atoms with Gasteiger partial charge in [0.1, 0.15) is 5.75 Å². The number of aryl methyl sites for hydroxylation is 2. The summed E-state index contributed by atoms with van der Waals surface area (Å²) in [6, 6.07) is 14.5. The number of β-amino-alcohol motifs (C(OH)–C–C–N with tert-alkyl or cyclic N) is 1. The fraction of sp³-hybridized carbons (Fsp3) is 0.429. The summed E-state index contributed by atoms with van der Waals surface area (Å²) in [5, 5.41) is 10.6. The van der Waals surface area contributed by atoms with Gasteiger partial charge in [0.2, 0.25) is 0 Å². The van der Waals surface area contributed by atoms with E-state index in [-0.39, 0.29) is 0 Å². The Balaban J connectivity index is 1.56. The summed E-state index contributed by atoms with van der Waals surface area (Å²) in [5.41, 5.74) is 4.65. The maximum Gasteiger partial charge on any atom is 0.119 e. The molecule has 1 atom stereocenters. The van der Waals surface area contributed by atoms with E-state index in [9.17, 15) is 5.11 Å². The molecule has 2 aromatic rings. The van der Waals surface area contributed by atoms with Crippen molar-refractivity contribution in [1.29, 1.82) is 0 Å². The van der Waals surface area contributed by atoms with Crippen molar-refractivity contribution in [3.63, 3.8) is 0 Å². The molecule has 1 aliphatic rings. The number of hydrogen-bond acceptors (Lipinski definition) is 4. The molecule has 1 aliphatic heterocycles. The molecule has 134 valence electrons. The largest absolute Gasteiger partial charge is 0.497 e. The summed E-state index contributed by atoms with van der Waals surface area (Å²) in [6.45, 7) is 8.73. The fourth-order valence-electron chi connectivity index (χ4n) is 3.44. The maximum atomic E-state index is 10.6.